The second-order valence-corrected chi connectivity index (χ2v) is 9.27. The van der Waals surface area contributed by atoms with E-state index in [4.69, 9.17) is 0 Å². The number of hydrogen-bond acceptors (Lipinski definition) is 2. The fourth-order valence-corrected chi connectivity index (χ4v) is 4.80. The summed E-state index contributed by atoms with van der Waals surface area (Å²) >= 11 is 0. The van der Waals surface area contributed by atoms with Crippen molar-refractivity contribution in [3.8, 4) is 0 Å². The molecule has 1 aliphatic rings. The van der Waals surface area contributed by atoms with Crippen LogP contribution in [0.5, 0.6) is 0 Å². The highest BCUT2D eigenvalue weighted by Crippen LogP contribution is 2.40. The predicted octanol–water partition coefficient (Wildman–Crippen LogP) is 5.93. The Balaban J connectivity index is 1.41. The van der Waals surface area contributed by atoms with Crippen LogP contribution in [0.4, 0.5) is 4.39 Å². The molecule has 0 bridgehead atoms. The molecule has 1 heterocycles. The number of carbonyl (C=O) groups is 1. The number of rotatable bonds is 8. The summed E-state index contributed by atoms with van der Waals surface area (Å²) in [6.45, 7) is 8.68. The molecule has 0 atom stereocenters. The Kier molecular flexibility index (Phi) is 7.46. The minimum Gasteiger partial charge on any atom is -0.384 e. The van der Waals surface area contributed by atoms with Crippen molar-refractivity contribution in [1.29, 1.82) is 0 Å². The number of amides is 1. The molecule has 1 N–H and O–H groups in total. The summed E-state index contributed by atoms with van der Waals surface area (Å²) in [4.78, 5) is 14.9. The first kappa shape index (κ1) is 23.7. The number of piperidine rings is 1. The van der Waals surface area contributed by atoms with E-state index in [2.05, 4.69) is 67.4 Å². The van der Waals surface area contributed by atoms with Crippen LogP contribution in [-0.2, 0) is 23.2 Å². The number of nitrogens with one attached hydrogen (secondary N) is 1. The average Bonchev–Trinajstić information content (AvgIpc) is 2.88. The maximum Gasteiger partial charge on any atom is 0.222 e. The molecular formula is C30H33FN2O. The van der Waals surface area contributed by atoms with E-state index in [1.807, 2.05) is 11.0 Å². The second-order valence-electron chi connectivity index (χ2n) is 9.27. The molecule has 1 amide bonds. The highest BCUT2D eigenvalue weighted by atomic mass is 19.1. The lowest BCUT2D eigenvalue weighted by Crippen LogP contribution is -2.48. The Bertz CT molecular complexity index is 1100. The van der Waals surface area contributed by atoms with E-state index in [9.17, 15) is 9.18 Å². The van der Waals surface area contributed by atoms with Crippen LogP contribution in [-0.4, -0.2) is 23.9 Å². The van der Waals surface area contributed by atoms with Crippen LogP contribution in [0.2, 0.25) is 0 Å². The lowest BCUT2D eigenvalue weighted by molar-refractivity contribution is -0.132. The molecule has 3 aromatic carbocycles. The van der Waals surface area contributed by atoms with Gasteiger partial charge in [0.1, 0.15) is 5.82 Å². The van der Waals surface area contributed by atoms with E-state index in [1.54, 1.807) is 12.1 Å². The normalized spacial score (nSPS) is 15.1. The first-order chi connectivity index (χ1) is 16.5. The fourth-order valence-electron chi connectivity index (χ4n) is 4.80. The standard InChI is InChI=1S/C30H33FN2O/c1-23-8-10-26(11-9-23)22-32-24(2)30(27-6-4-3-5-7-27)18-20-33(21-19-30)29(34)17-14-25-12-15-28(31)16-13-25/h3-13,15-16,32H,2,14,17-22H2,1H3. The van der Waals surface area contributed by atoms with Gasteiger partial charge in [-0.2, -0.15) is 0 Å². The summed E-state index contributed by atoms with van der Waals surface area (Å²) < 4.78 is 13.1. The third-order valence-corrected chi connectivity index (χ3v) is 7.04. The Morgan fingerprint density at radius 2 is 1.56 bits per heavy atom. The molecule has 0 aromatic heterocycles. The van der Waals surface area contributed by atoms with Crippen molar-refractivity contribution >= 4 is 5.91 Å². The summed E-state index contributed by atoms with van der Waals surface area (Å²) in [7, 11) is 0. The van der Waals surface area contributed by atoms with Crippen molar-refractivity contribution in [2.24, 2.45) is 0 Å². The zero-order chi connectivity index (χ0) is 24.0. The number of allylic oxidation sites excluding steroid dienone is 1. The molecule has 0 unspecified atom stereocenters. The van der Waals surface area contributed by atoms with E-state index in [-0.39, 0.29) is 17.1 Å². The molecule has 34 heavy (non-hydrogen) atoms. The minimum atomic E-state index is -0.250. The minimum absolute atomic E-state index is 0.157. The van der Waals surface area contributed by atoms with Crippen LogP contribution in [0.25, 0.3) is 0 Å². The van der Waals surface area contributed by atoms with Crippen LogP contribution >= 0.6 is 0 Å². The van der Waals surface area contributed by atoms with Crippen molar-refractivity contribution in [3.63, 3.8) is 0 Å². The Morgan fingerprint density at radius 3 is 2.21 bits per heavy atom. The van der Waals surface area contributed by atoms with Gasteiger partial charge in [-0.25, -0.2) is 4.39 Å². The molecule has 0 radical (unpaired) electrons. The number of halogens is 1. The third kappa shape index (κ3) is 5.56. The highest BCUT2D eigenvalue weighted by Gasteiger charge is 2.39. The summed E-state index contributed by atoms with van der Waals surface area (Å²) in [5.74, 6) is -0.0937. The van der Waals surface area contributed by atoms with Gasteiger partial charge in [-0.1, -0.05) is 78.9 Å². The van der Waals surface area contributed by atoms with Crippen molar-refractivity contribution in [2.45, 2.75) is 44.6 Å². The first-order valence-corrected chi connectivity index (χ1v) is 12.0. The van der Waals surface area contributed by atoms with E-state index in [0.29, 0.717) is 25.9 Å². The van der Waals surface area contributed by atoms with Gasteiger partial charge in [-0.15, -0.1) is 0 Å². The highest BCUT2D eigenvalue weighted by molar-refractivity contribution is 5.76. The molecule has 4 heteroatoms. The number of likely N-dealkylation sites (tertiary alicyclic amines) is 1. The van der Waals surface area contributed by atoms with Gasteiger partial charge in [0.2, 0.25) is 5.91 Å². The average molecular weight is 457 g/mol. The molecule has 0 saturated carbocycles. The molecule has 3 nitrogen and oxygen atoms in total. The second kappa shape index (κ2) is 10.7. The number of benzene rings is 3. The molecule has 1 saturated heterocycles. The summed E-state index contributed by atoms with van der Waals surface area (Å²) in [6.07, 6.45) is 2.74. The van der Waals surface area contributed by atoms with E-state index in [0.717, 1.165) is 30.6 Å². The van der Waals surface area contributed by atoms with Crippen LogP contribution in [0.3, 0.4) is 0 Å². The first-order valence-electron chi connectivity index (χ1n) is 12.0. The van der Waals surface area contributed by atoms with Crippen LogP contribution in [0.15, 0.2) is 91.1 Å². The number of hydrogen-bond donors (Lipinski definition) is 1. The quantitative estimate of drug-likeness (QED) is 0.456. The van der Waals surface area contributed by atoms with Gasteiger partial charge in [0.25, 0.3) is 0 Å². The van der Waals surface area contributed by atoms with Gasteiger partial charge >= 0.3 is 0 Å². The van der Waals surface area contributed by atoms with Gasteiger partial charge in [-0.05, 0) is 55.0 Å². The van der Waals surface area contributed by atoms with Gasteiger partial charge in [0.05, 0.1) is 0 Å². The van der Waals surface area contributed by atoms with Crippen molar-refractivity contribution < 1.29 is 9.18 Å². The van der Waals surface area contributed by atoms with Gasteiger partial charge < -0.3 is 10.2 Å². The largest absolute Gasteiger partial charge is 0.384 e. The van der Waals surface area contributed by atoms with E-state index in [1.165, 1.54) is 28.8 Å². The summed E-state index contributed by atoms with van der Waals surface area (Å²) in [6, 6.07) is 25.5. The molecule has 0 aliphatic carbocycles. The number of nitrogens with zero attached hydrogens (tertiary/aromatic N) is 1. The molecular weight excluding hydrogens is 423 g/mol. The molecule has 1 fully saturated rings. The van der Waals surface area contributed by atoms with Gasteiger partial charge in [0, 0.05) is 37.2 Å². The molecule has 176 valence electrons. The molecule has 0 spiro atoms. The molecule has 3 aromatic rings. The third-order valence-electron chi connectivity index (χ3n) is 7.04. The number of carbonyl (C=O) groups excluding carboxylic acids is 1. The fraction of sp³-hybridized carbons (Fsp3) is 0.300. The molecule has 4 rings (SSSR count). The number of aryl methyl sites for hydroxylation is 2. The zero-order valence-electron chi connectivity index (χ0n) is 19.9. The smallest absolute Gasteiger partial charge is 0.222 e. The van der Waals surface area contributed by atoms with Gasteiger partial charge in [0.15, 0.2) is 0 Å². The Hall–Kier alpha value is -3.40. The predicted molar refractivity (Wildman–Crippen MR) is 136 cm³/mol. The lowest BCUT2D eigenvalue weighted by atomic mass is 9.70. The SMILES string of the molecule is C=C(NCc1ccc(C)cc1)C1(c2ccccc2)CCN(C(=O)CCc2ccc(F)cc2)CC1. The van der Waals surface area contributed by atoms with Gasteiger partial charge in [-0.3, -0.25) is 4.79 Å². The maximum atomic E-state index is 13.1. The Labute approximate surface area is 202 Å². The zero-order valence-corrected chi connectivity index (χ0v) is 19.9. The maximum absolute atomic E-state index is 13.1. The Morgan fingerprint density at radius 1 is 0.941 bits per heavy atom. The van der Waals surface area contributed by atoms with E-state index < -0.39 is 0 Å². The van der Waals surface area contributed by atoms with Crippen molar-refractivity contribution in [2.75, 3.05) is 13.1 Å². The van der Waals surface area contributed by atoms with E-state index >= 15 is 0 Å². The molecule has 1 aliphatic heterocycles. The lowest BCUT2D eigenvalue weighted by Gasteiger charge is -2.44. The summed E-state index contributed by atoms with van der Waals surface area (Å²) in [5.41, 5.74) is 5.51. The monoisotopic (exact) mass is 456 g/mol. The van der Waals surface area contributed by atoms with Crippen LogP contribution in [0.1, 0.15) is 41.5 Å². The summed E-state index contributed by atoms with van der Waals surface area (Å²) in [5, 5.41) is 3.59. The topological polar surface area (TPSA) is 32.3 Å². The van der Waals surface area contributed by atoms with Crippen LogP contribution in [0, 0.1) is 12.7 Å². The van der Waals surface area contributed by atoms with Crippen molar-refractivity contribution in [3.05, 3.63) is 119 Å². The van der Waals surface area contributed by atoms with Crippen molar-refractivity contribution in [1.82, 2.24) is 10.2 Å². The van der Waals surface area contributed by atoms with Crippen LogP contribution < -0.4 is 5.32 Å².